The molecule has 0 fully saturated rings. The van der Waals surface area contributed by atoms with Gasteiger partial charge in [-0.1, -0.05) is 46.9 Å². The van der Waals surface area contributed by atoms with Crippen LogP contribution < -0.4 is 0 Å². The van der Waals surface area contributed by atoms with E-state index in [-0.39, 0.29) is 0 Å². The highest BCUT2D eigenvalue weighted by molar-refractivity contribution is 7.22. The molecule has 0 radical (unpaired) electrons. The lowest BCUT2D eigenvalue weighted by Gasteiger charge is -1.80. The summed E-state index contributed by atoms with van der Waals surface area (Å²) in [5.41, 5.74) is 1.91. The van der Waals surface area contributed by atoms with E-state index >= 15 is 0 Å². The number of hydrogen-bond acceptors (Lipinski definition) is 6. The van der Waals surface area contributed by atoms with Gasteiger partial charge in [-0.25, -0.2) is 9.97 Å². The van der Waals surface area contributed by atoms with E-state index in [1.165, 1.54) is 22.7 Å². The van der Waals surface area contributed by atoms with Crippen molar-refractivity contribution in [3.8, 4) is 0 Å². The van der Waals surface area contributed by atoms with Gasteiger partial charge in [0.15, 0.2) is 0 Å². The molecule has 2 aromatic carbocycles. The summed E-state index contributed by atoms with van der Waals surface area (Å²) in [5.74, 6) is 0. The third kappa shape index (κ3) is 2.09. The summed E-state index contributed by atoms with van der Waals surface area (Å²) in [4.78, 5) is 8.83. The van der Waals surface area contributed by atoms with Crippen LogP contribution in [0.2, 0.25) is 0 Å². The molecule has 0 unspecified atom stereocenters. The van der Waals surface area contributed by atoms with Crippen molar-refractivity contribution in [1.82, 2.24) is 9.97 Å². The molecule has 0 spiro atoms. The second-order valence-electron chi connectivity index (χ2n) is 4.13. The van der Waals surface area contributed by atoms with Crippen LogP contribution in [-0.4, -0.2) is 9.97 Å². The Bertz CT molecular complexity index is 781. The van der Waals surface area contributed by atoms with Crippen molar-refractivity contribution in [1.29, 1.82) is 0 Å². The lowest BCUT2D eigenvalue weighted by Crippen LogP contribution is -1.64. The third-order valence-electron chi connectivity index (χ3n) is 2.79. The largest absolute Gasteiger partial charge is 0.231 e. The van der Waals surface area contributed by atoms with Gasteiger partial charge in [-0.2, -0.15) is 0 Å². The molecular formula is C14H8N4S2. The molecule has 2 heterocycles. The molecule has 4 nitrogen and oxygen atoms in total. The zero-order valence-electron chi connectivity index (χ0n) is 10.2. The second-order valence-corrected chi connectivity index (χ2v) is 6.15. The Hall–Kier alpha value is -2.18. The Morgan fingerprint density at radius 1 is 0.650 bits per heavy atom. The van der Waals surface area contributed by atoms with Gasteiger partial charge in [-0.05, 0) is 24.3 Å². The summed E-state index contributed by atoms with van der Waals surface area (Å²) in [5, 5.41) is 9.69. The second kappa shape index (κ2) is 4.73. The highest BCUT2D eigenvalue weighted by Gasteiger charge is 2.04. The average Bonchev–Trinajstić information content (AvgIpc) is 3.07. The van der Waals surface area contributed by atoms with Crippen LogP contribution in [0.4, 0.5) is 10.3 Å². The minimum absolute atomic E-state index is 0.658. The van der Waals surface area contributed by atoms with Gasteiger partial charge in [0.05, 0.1) is 20.4 Å². The highest BCUT2D eigenvalue weighted by atomic mass is 32.1. The van der Waals surface area contributed by atoms with Crippen LogP contribution in [-0.2, 0) is 0 Å². The zero-order valence-corrected chi connectivity index (χ0v) is 11.9. The van der Waals surface area contributed by atoms with Crippen molar-refractivity contribution in [2.75, 3.05) is 0 Å². The van der Waals surface area contributed by atoms with E-state index in [2.05, 4.69) is 20.2 Å². The Morgan fingerprint density at radius 3 is 1.55 bits per heavy atom. The van der Waals surface area contributed by atoms with Gasteiger partial charge in [0.25, 0.3) is 0 Å². The molecule has 6 heteroatoms. The summed E-state index contributed by atoms with van der Waals surface area (Å²) in [7, 11) is 0. The standard InChI is InChI=1S/C14H8N4S2/c1-3-7-11-9(5-1)15-13(19-11)17-18-14-16-10-6-2-4-8-12(10)20-14/h1-8H. The first kappa shape index (κ1) is 11.6. The first-order chi connectivity index (χ1) is 9.88. The van der Waals surface area contributed by atoms with Crippen molar-refractivity contribution in [2.24, 2.45) is 10.2 Å². The molecule has 0 amide bonds. The maximum Gasteiger partial charge on any atom is 0.231 e. The molecule has 0 bridgehead atoms. The van der Waals surface area contributed by atoms with Gasteiger partial charge in [0.1, 0.15) is 0 Å². The lowest BCUT2D eigenvalue weighted by molar-refractivity contribution is 1.19. The minimum atomic E-state index is 0.658. The molecule has 0 N–H and O–H groups in total. The monoisotopic (exact) mass is 296 g/mol. The lowest BCUT2D eigenvalue weighted by atomic mass is 10.3. The van der Waals surface area contributed by atoms with Gasteiger partial charge in [-0.3, -0.25) is 0 Å². The van der Waals surface area contributed by atoms with E-state index in [1.807, 2.05) is 48.5 Å². The number of para-hydroxylation sites is 2. The van der Waals surface area contributed by atoms with E-state index in [9.17, 15) is 0 Å². The fraction of sp³-hybridized carbons (Fsp3) is 0. The SMILES string of the molecule is c1ccc2sc(N=Nc3nc4ccccc4s3)nc2c1. The smallest absolute Gasteiger partial charge is 0.217 e. The molecule has 0 aliphatic carbocycles. The number of rotatable bonds is 2. The molecular weight excluding hydrogens is 288 g/mol. The summed E-state index contributed by atoms with van der Waals surface area (Å²) in [6.45, 7) is 0. The third-order valence-corrected chi connectivity index (χ3v) is 4.63. The van der Waals surface area contributed by atoms with Crippen LogP contribution in [0.15, 0.2) is 58.8 Å². The van der Waals surface area contributed by atoms with Crippen LogP contribution in [0, 0.1) is 0 Å². The maximum absolute atomic E-state index is 4.42. The first-order valence-electron chi connectivity index (χ1n) is 6.01. The number of nitrogens with zero attached hydrogens (tertiary/aromatic N) is 4. The molecule has 20 heavy (non-hydrogen) atoms. The number of aromatic nitrogens is 2. The zero-order chi connectivity index (χ0) is 13.4. The molecule has 0 aliphatic heterocycles. The Balaban J connectivity index is 1.70. The molecule has 2 aromatic heterocycles. The molecule has 0 saturated heterocycles. The normalized spacial score (nSPS) is 11.8. The van der Waals surface area contributed by atoms with Gasteiger partial charge in [-0.15, -0.1) is 10.2 Å². The number of fused-ring (bicyclic) bond motifs is 2. The summed E-state index contributed by atoms with van der Waals surface area (Å²) >= 11 is 3.06. The Kier molecular flexibility index (Phi) is 2.75. The number of benzene rings is 2. The summed E-state index contributed by atoms with van der Waals surface area (Å²) < 4.78 is 2.23. The molecule has 0 atom stereocenters. The van der Waals surface area contributed by atoms with Crippen molar-refractivity contribution >= 4 is 53.4 Å². The topological polar surface area (TPSA) is 50.5 Å². The molecule has 0 saturated carbocycles. The molecule has 4 rings (SSSR count). The molecule has 4 aromatic rings. The van der Waals surface area contributed by atoms with E-state index in [1.54, 1.807) is 0 Å². The molecule has 96 valence electrons. The Labute approximate surface area is 122 Å². The van der Waals surface area contributed by atoms with E-state index in [0.717, 1.165) is 20.4 Å². The maximum atomic E-state index is 4.42. The van der Waals surface area contributed by atoms with E-state index in [4.69, 9.17) is 0 Å². The number of azo groups is 1. The van der Waals surface area contributed by atoms with Crippen LogP contribution >= 0.6 is 22.7 Å². The van der Waals surface area contributed by atoms with Crippen molar-refractivity contribution in [3.63, 3.8) is 0 Å². The first-order valence-corrected chi connectivity index (χ1v) is 7.65. The predicted octanol–water partition coefficient (Wildman–Crippen LogP) is 5.32. The van der Waals surface area contributed by atoms with Crippen LogP contribution in [0.3, 0.4) is 0 Å². The predicted molar refractivity (Wildman–Crippen MR) is 83.4 cm³/mol. The van der Waals surface area contributed by atoms with Crippen LogP contribution in [0.1, 0.15) is 0 Å². The Morgan fingerprint density at radius 2 is 1.10 bits per heavy atom. The summed E-state index contributed by atoms with van der Waals surface area (Å²) in [6, 6.07) is 15.9. The fourth-order valence-electron chi connectivity index (χ4n) is 1.89. The van der Waals surface area contributed by atoms with Gasteiger partial charge >= 0.3 is 0 Å². The van der Waals surface area contributed by atoms with E-state index in [0.29, 0.717) is 10.3 Å². The van der Waals surface area contributed by atoms with Gasteiger partial charge in [0.2, 0.25) is 10.3 Å². The summed E-state index contributed by atoms with van der Waals surface area (Å²) in [6.07, 6.45) is 0. The van der Waals surface area contributed by atoms with Gasteiger partial charge in [0, 0.05) is 0 Å². The molecule has 0 aliphatic rings. The van der Waals surface area contributed by atoms with Crippen LogP contribution in [0.25, 0.3) is 20.4 Å². The van der Waals surface area contributed by atoms with Crippen molar-refractivity contribution < 1.29 is 0 Å². The fourth-order valence-corrected chi connectivity index (χ4v) is 3.47. The highest BCUT2D eigenvalue weighted by Crippen LogP contribution is 2.31. The number of hydrogen-bond donors (Lipinski definition) is 0. The minimum Gasteiger partial charge on any atom is -0.217 e. The average molecular weight is 296 g/mol. The number of thiazole rings is 2. The van der Waals surface area contributed by atoms with Crippen LogP contribution in [0.5, 0.6) is 0 Å². The quantitative estimate of drug-likeness (QED) is 0.470. The van der Waals surface area contributed by atoms with Gasteiger partial charge < -0.3 is 0 Å². The van der Waals surface area contributed by atoms with Crippen molar-refractivity contribution in [2.45, 2.75) is 0 Å². The van der Waals surface area contributed by atoms with E-state index < -0.39 is 0 Å². The van der Waals surface area contributed by atoms with Crippen molar-refractivity contribution in [3.05, 3.63) is 48.5 Å².